The van der Waals surface area contributed by atoms with E-state index >= 15 is 0 Å². The molecule has 0 bridgehead atoms. The highest BCUT2D eigenvalue weighted by Gasteiger charge is 2.16. The molecule has 0 radical (unpaired) electrons. The summed E-state index contributed by atoms with van der Waals surface area (Å²) in [6, 6.07) is 11.3. The summed E-state index contributed by atoms with van der Waals surface area (Å²) in [7, 11) is 1.62. The van der Waals surface area contributed by atoms with Crippen molar-refractivity contribution in [3.63, 3.8) is 0 Å². The molecule has 1 heterocycles. The van der Waals surface area contributed by atoms with Gasteiger partial charge in [0.2, 0.25) is 0 Å². The van der Waals surface area contributed by atoms with E-state index in [0.29, 0.717) is 19.5 Å². The average Bonchev–Trinajstić information content (AvgIpc) is 2.96. The number of nitrogens with zero attached hydrogens (tertiary/aromatic N) is 1. The van der Waals surface area contributed by atoms with Gasteiger partial charge in [-0.2, -0.15) is 0 Å². The second-order valence-electron chi connectivity index (χ2n) is 5.15. The summed E-state index contributed by atoms with van der Waals surface area (Å²) in [5.74, 6) is 0.751. The van der Waals surface area contributed by atoms with Gasteiger partial charge in [0.25, 0.3) is 0 Å². The molecule has 1 aromatic carbocycles. The highest BCUT2D eigenvalue weighted by molar-refractivity contribution is 7.16. The Bertz CT molecular complexity index is 642. The van der Waals surface area contributed by atoms with E-state index in [4.69, 9.17) is 9.84 Å². The molecule has 1 aromatic heterocycles. The van der Waals surface area contributed by atoms with E-state index in [2.05, 4.69) is 5.32 Å². The van der Waals surface area contributed by atoms with Crippen LogP contribution >= 0.6 is 11.3 Å². The number of anilines is 1. The van der Waals surface area contributed by atoms with E-state index < -0.39 is 0 Å². The van der Waals surface area contributed by atoms with Crippen LogP contribution in [0.1, 0.15) is 16.9 Å². The Morgan fingerprint density at radius 1 is 1.30 bits per heavy atom. The third-order valence-electron chi connectivity index (χ3n) is 3.40. The predicted octanol–water partition coefficient (Wildman–Crippen LogP) is 3.48. The van der Waals surface area contributed by atoms with E-state index in [1.807, 2.05) is 43.3 Å². The fourth-order valence-electron chi connectivity index (χ4n) is 2.24. The third-order valence-corrected chi connectivity index (χ3v) is 4.31. The second kappa shape index (κ2) is 8.55. The highest BCUT2D eigenvalue weighted by Crippen LogP contribution is 2.23. The number of para-hydroxylation sites is 1. The van der Waals surface area contributed by atoms with E-state index in [9.17, 15) is 4.79 Å². The van der Waals surface area contributed by atoms with E-state index in [1.165, 1.54) is 11.3 Å². The maximum atomic E-state index is 12.5. The van der Waals surface area contributed by atoms with Gasteiger partial charge in [-0.3, -0.25) is 5.32 Å². The molecule has 2 amide bonds. The van der Waals surface area contributed by atoms with Crippen molar-refractivity contribution in [3.8, 4) is 5.75 Å². The number of urea groups is 1. The number of carbonyl (C=O) groups is 1. The molecule has 0 saturated heterocycles. The van der Waals surface area contributed by atoms with Crippen molar-refractivity contribution in [2.45, 2.75) is 19.9 Å². The van der Waals surface area contributed by atoms with Crippen molar-refractivity contribution < 1.29 is 14.6 Å². The van der Waals surface area contributed by atoms with Gasteiger partial charge in [-0.15, -0.1) is 11.3 Å². The number of rotatable bonds is 7. The third kappa shape index (κ3) is 4.97. The van der Waals surface area contributed by atoms with Crippen molar-refractivity contribution in [1.29, 1.82) is 0 Å². The molecule has 23 heavy (non-hydrogen) atoms. The fourth-order valence-corrected chi connectivity index (χ4v) is 3.00. The van der Waals surface area contributed by atoms with Crippen LogP contribution in [0.15, 0.2) is 36.4 Å². The maximum absolute atomic E-state index is 12.5. The molecule has 0 atom stereocenters. The number of hydrogen-bond acceptors (Lipinski definition) is 4. The molecule has 5 nitrogen and oxygen atoms in total. The first-order chi connectivity index (χ1) is 11.1. The Morgan fingerprint density at radius 2 is 2.09 bits per heavy atom. The number of amides is 2. The second-order valence-corrected chi connectivity index (χ2v) is 6.44. The van der Waals surface area contributed by atoms with Gasteiger partial charge in [-0.25, -0.2) is 4.79 Å². The fraction of sp³-hybridized carbons (Fsp3) is 0.353. The number of aliphatic hydroxyl groups is 1. The first-order valence-corrected chi connectivity index (χ1v) is 8.31. The van der Waals surface area contributed by atoms with Crippen LogP contribution < -0.4 is 10.1 Å². The minimum Gasteiger partial charge on any atom is -0.496 e. The smallest absolute Gasteiger partial charge is 0.322 e. The van der Waals surface area contributed by atoms with Crippen LogP contribution in [0.25, 0.3) is 0 Å². The van der Waals surface area contributed by atoms with E-state index in [0.717, 1.165) is 21.2 Å². The summed E-state index contributed by atoms with van der Waals surface area (Å²) in [6.07, 6.45) is 0.534. The van der Waals surface area contributed by atoms with Crippen LogP contribution in [0.2, 0.25) is 0 Å². The molecule has 0 spiro atoms. The van der Waals surface area contributed by atoms with Crippen molar-refractivity contribution in [2.24, 2.45) is 0 Å². The molecular weight excluding hydrogens is 312 g/mol. The van der Waals surface area contributed by atoms with Gasteiger partial charge < -0.3 is 14.7 Å². The Morgan fingerprint density at radius 3 is 2.74 bits per heavy atom. The number of methoxy groups -OCH3 is 1. The normalized spacial score (nSPS) is 10.4. The Kier molecular flexibility index (Phi) is 6.43. The number of thiophene rings is 1. The number of aryl methyl sites for hydroxylation is 1. The van der Waals surface area contributed by atoms with Gasteiger partial charge >= 0.3 is 6.03 Å². The summed E-state index contributed by atoms with van der Waals surface area (Å²) in [4.78, 5) is 15.4. The summed E-state index contributed by atoms with van der Waals surface area (Å²) in [6.45, 7) is 2.96. The van der Waals surface area contributed by atoms with E-state index in [1.54, 1.807) is 12.0 Å². The SMILES string of the molecule is COc1ccccc1CN(CCCO)C(=O)Nc1ccc(C)s1. The van der Waals surface area contributed by atoms with Crippen LogP contribution in [0.4, 0.5) is 9.80 Å². The maximum Gasteiger partial charge on any atom is 0.322 e. The largest absolute Gasteiger partial charge is 0.496 e. The number of hydrogen-bond donors (Lipinski definition) is 2. The molecular formula is C17H22N2O3S. The van der Waals surface area contributed by atoms with Gasteiger partial charge in [-0.05, 0) is 31.5 Å². The lowest BCUT2D eigenvalue weighted by atomic mass is 10.2. The number of nitrogens with one attached hydrogen (secondary N) is 1. The van der Waals surface area contributed by atoms with Crippen LogP contribution in [0.5, 0.6) is 5.75 Å². The molecule has 6 heteroatoms. The van der Waals surface area contributed by atoms with Gasteiger partial charge in [0.05, 0.1) is 18.7 Å². The topological polar surface area (TPSA) is 61.8 Å². The first-order valence-electron chi connectivity index (χ1n) is 7.49. The zero-order chi connectivity index (χ0) is 16.7. The molecule has 0 aliphatic rings. The average molecular weight is 334 g/mol. The minimum absolute atomic E-state index is 0.0494. The Hall–Kier alpha value is -2.05. The summed E-state index contributed by atoms with van der Waals surface area (Å²) < 4.78 is 5.35. The van der Waals surface area contributed by atoms with Crippen molar-refractivity contribution >= 4 is 22.4 Å². The first kappa shape index (κ1) is 17.3. The molecule has 0 aliphatic heterocycles. The van der Waals surface area contributed by atoms with Crippen molar-refractivity contribution in [3.05, 3.63) is 46.8 Å². The number of aliphatic hydroxyl groups excluding tert-OH is 1. The van der Waals surface area contributed by atoms with Crippen LogP contribution in [0, 0.1) is 6.92 Å². The summed E-state index contributed by atoms with van der Waals surface area (Å²) >= 11 is 1.54. The lowest BCUT2D eigenvalue weighted by molar-refractivity contribution is 0.198. The molecule has 0 aliphatic carbocycles. The summed E-state index contributed by atoms with van der Waals surface area (Å²) in [5.41, 5.74) is 0.936. The lowest BCUT2D eigenvalue weighted by Crippen LogP contribution is -2.35. The van der Waals surface area contributed by atoms with E-state index in [-0.39, 0.29) is 12.6 Å². The predicted molar refractivity (Wildman–Crippen MR) is 93.2 cm³/mol. The van der Waals surface area contributed by atoms with Crippen molar-refractivity contribution in [1.82, 2.24) is 4.90 Å². The van der Waals surface area contributed by atoms with Crippen molar-refractivity contribution in [2.75, 3.05) is 25.6 Å². The lowest BCUT2D eigenvalue weighted by Gasteiger charge is -2.23. The highest BCUT2D eigenvalue weighted by atomic mass is 32.1. The van der Waals surface area contributed by atoms with Gasteiger partial charge in [0.15, 0.2) is 0 Å². The number of benzene rings is 1. The Balaban J connectivity index is 2.10. The molecule has 0 fully saturated rings. The molecule has 0 unspecified atom stereocenters. The van der Waals surface area contributed by atoms with Gasteiger partial charge in [0, 0.05) is 23.6 Å². The van der Waals surface area contributed by atoms with Crippen LogP contribution in [-0.2, 0) is 6.54 Å². The zero-order valence-corrected chi connectivity index (χ0v) is 14.2. The zero-order valence-electron chi connectivity index (χ0n) is 13.4. The standard InChI is InChI=1S/C17H22N2O3S/c1-13-8-9-16(23-13)18-17(21)19(10-5-11-20)12-14-6-3-4-7-15(14)22-2/h3-4,6-9,20H,5,10-12H2,1-2H3,(H,18,21). The molecule has 124 valence electrons. The quantitative estimate of drug-likeness (QED) is 0.815. The van der Waals surface area contributed by atoms with Gasteiger partial charge in [0.1, 0.15) is 5.75 Å². The Labute approximate surface area is 140 Å². The molecule has 0 saturated carbocycles. The molecule has 2 rings (SSSR count). The minimum atomic E-state index is -0.175. The van der Waals surface area contributed by atoms with Crippen LogP contribution in [0.3, 0.4) is 0 Å². The molecule has 2 N–H and O–H groups in total. The van der Waals surface area contributed by atoms with Gasteiger partial charge in [-0.1, -0.05) is 18.2 Å². The summed E-state index contributed by atoms with van der Waals surface area (Å²) in [5, 5.41) is 12.8. The van der Waals surface area contributed by atoms with Crippen LogP contribution in [-0.4, -0.2) is 36.3 Å². The monoisotopic (exact) mass is 334 g/mol. The molecule has 2 aromatic rings. The number of carbonyl (C=O) groups excluding carboxylic acids is 1. The number of ether oxygens (including phenoxy) is 1.